The molecule has 0 radical (unpaired) electrons. The first-order valence-corrected chi connectivity index (χ1v) is 7.89. The zero-order valence-corrected chi connectivity index (χ0v) is 13.5. The second kappa shape index (κ2) is 8.37. The molecule has 21 heavy (non-hydrogen) atoms. The summed E-state index contributed by atoms with van der Waals surface area (Å²) in [7, 11) is 0. The van der Waals surface area contributed by atoms with E-state index in [0.29, 0.717) is 12.8 Å². The maximum atomic E-state index is 11.8. The molecule has 0 aromatic carbocycles. The lowest BCUT2D eigenvalue weighted by molar-refractivity contribution is -0.142. The van der Waals surface area contributed by atoms with E-state index in [9.17, 15) is 14.7 Å². The van der Waals surface area contributed by atoms with Gasteiger partial charge in [0, 0.05) is 19.6 Å². The SMILES string of the molecule is CC(C)(C)CC(CNC(=O)CCC1CCCCO1)C(=O)O. The van der Waals surface area contributed by atoms with Crippen molar-refractivity contribution in [3.8, 4) is 0 Å². The molecule has 5 nitrogen and oxygen atoms in total. The summed E-state index contributed by atoms with van der Waals surface area (Å²) in [5, 5.41) is 12.0. The average molecular weight is 299 g/mol. The quantitative estimate of drug-likeness (QED) is 0.757. The fraction of sp³-hybridized carbons (Fsp3) is 0.875. The smallest absolute Gasteiger partial charge is 0.308 e. The van der Waals surface area contributed by atoms with Crippen LogP contribution in [0, 0.1) is 11.3 Å². The molecular weight excluding hydrogens is 270 g/mol. The topological polar surface area (TPSA) is 75.6 Å². The highest BCUT2D eigenvalue weighted by molar-refractivity contribution is 5.77. The molecule has 0 spiro atoms. The third kappa shape index (κ3) is 8.05. The second-order valence-corrected chi connectivity index (χ2v) is 7.13. The van der Waals surface area contributed by atoms with Crippen molar-refractivity contribution < 1.29 is 19.4 Å². The molecule has 1 amide bonds. The molecule has 1 saturated heterocycles. The van der Waals surface area contributed by atoms with Crippen molar-refractivity contribution in [1.29, 1.82) is 0 Å². The third-order valence-electron chi connectivity index (χ3n) is 3.72. The molecular formula is C16H29NO4. The Kier molecular flexibility index (Phi) is 7.15. The molecule has 1 fully saturated rings. The van der Waals surface area contributed by atoms with Crippen molar-refractivity contribution in [3.05, 3.63) is 0 Å². The minimum Gasteiger partial charge on any atom is -0.481 e. The Bertz CT molecular complexity index is 343. The fourth-order valence-electron chi connectivity index (χ4n) is 2.64. The van der Waals surface area contributed by atoms with Gasteiger partial charge in [0.1, 0.15) is 0 Å². The number of rotatable bonds is 7. The highest BCUT2D eigenvalue weighted by Crippen LogP contribution is 2.24. The van der Waals surface area contributed by atoms with Gasteiger partial charge in [-0.1, -0.05) is 20.8 Å². The largest absolute Gasteiger partial charge is 0.481 e. The molecule has 0 aliphatic carbocycles. The Balaban J connectivity index is 2.27. The van der Waals surface area contributed by atoms with Gasteiger partial charge < -0.3 is 15.2 Å². The summed E-state index contributed by atoms with van der Waals surface area (Å²) in [5.41, 5.74) is -0.0658. The van der Waals surface area contributed by atoms with Crippen LogP contribution in [-0.2, 0) is 14.3 Å². The number of carbonyl (C=O) groups is 2. The van der Waals surface area contributed by atoms with Crippen LogP contribution in [0.4, 0.5) is 0 Å². The summed E-state index contributed by atoms with van der Waals surface area (Å²) in [6.07, 6.45) is 5.17. The summed E-state index contributed by atoms with van der Waals surface area (Å²) in [6.45, 7) is 7.01. The van der Waals surface area contributed by atoms with Crippen LogP contribution < -0.4 is 5.32 Å². The molecule has 0 bridgehead atoms. The lowest BCUT2D eigenvalue weighted by atomic mass is 9.84. The summed E-state index contributed by atoms with van der Waals surface area (Å²) >= 11 is 0. The Hall–Kier alpha value is -1.10. The molecule has 2 unspecified atom stereocenters. The molecule has 5 heteroatoms. The predicted molar refractivity (Wildman–Crippen MR) is 81.0 cm³/mol. The number of carboxylic acids is 1. The van der Waals surface area contributed by atoms with Gasteiger partial charge in [0.15, 0.2) is 0 Å². The number of ether oxygens (including phenoxy) is 1. The molecule has 0 saturated carbocycles. The van der Waals surface area contributed by atoms with Crippen LogP contribution in [0.1, 0.15) is 59.3 Å². The molecule has 1 heterocycles. The van der Waals surface area contributed by atoms with E-state index in [1.807, 2.05) is 20.8 Å². The van der Waals surface area contributed by atoms with E-state index in [4.69, 9.17) is 4.74 Å². The van der Waals surface area contributed by atoms with Crippen molar-refractivity contribution in [2.45, 2.75) is 65.4 Å². The first-order valence-electron chi connectivity index (χ1n) is 7.89. The van der Waals surface area contributed by atoms with E-state index in [2.05, 4.69) is 5.32 Å². The first kappa shape index (κ1) is 18.0. The van der Waals surface area contributed by atoms with E-state index >= 15 is 0 Å². The Morgan fingerprint density at radius 2 is 2.05 bits per heavy atom. The highest BCUT2D eigenvalue weighted by atomic mass is 16.5. The van der Waals surface area contributed by atoms with E-state index in [1.54, 1.807) is 0 Å². The predicted octanol–water partition coefficient (Wildman–Crippen LogP) is 2.59. The summed E-state index contributed by atoms with van der Waals surface area (Å²) in [6, 6.07) is 0. The summed E-state index contributed by atoms with van der Waals surface area (Å²) < 4.78 is 5.58. The zero-order chi connectivity index (χ0) is 15.9. The van der Waals surface area contributed by atoms with Gasteiger partial charge in [-0.05, 0) is 37.5 Å². The Morgan fingerprint density at radius 3 is 2.57 bits per heavy atom. The normalized spacial score (nSPS) is 20.8. The van der Waals surface area contributed by atoms with Gasteiger partial charge in [-0.2, -0.15) is 0 Å². The van der Waals surface area contributed by atoms with Crippen LogP contribution >= 0.6 is 0 Å². The minimum atomic E-state index is -0.846. The average Bonchev–Trinajstić information content (AvgIpc) is 2.41. The van der Waals surface area contributed by atoms with Crippen molar-refractivity contribution in [2.75, 3.05) is 13.2 Å². The number of amides is 1. The van der Waals surface area contributed by atoms with Gasteiger partial charge >= 0.3 is 5.97 Å². The van der Waals surface area contributed by atoms with Gasteiger partial charge in [0.2, 0.25) is 5.91 Å². The van der Waals surface area contributed by atoms with Gasteiger partial charge in [0.25, 0.3) is 0 Å². The number of aliphatic carboxylic acids is 1. The summed E-state index contributed by atoms with van der Waals surface area (Å²) in [5.74, 6) is -1.45. The lowest BCUT2D eigenvalue weighted by Crippen LogP contribution is -2.35. The maximum Gasteiger partial charge on any atom is 0.308 e. The zero-order valence-electron chi connectivity index (χ0n) is 13.5. The Labute approximate surface area is 127 Å². The number of carboxylic acid groups (broad SMARTS) is 1. The maximum absolute atomic E-state index is 11.8. The lowest BCUT2D eigenvalue weighted by Gasteiger charge is -2.24. The number of carbonyl (C=O) groups excluding carboxylic acids is 1. The highest BCUT2D eigenvalue weighted by Gasteiger charge is 2.25. The molecule has 0 aromatic rings. The second-order valence-electron chi connectivity index (χ2n) is 7.13. The van der Waals surface area contributed by atoms with Crippen LogP contribution in [0.3, 0.4) is 0 Å². The standard InChI is InChI=1S/C16H29NO4/c1-16(2,3)10-12(15(19)20)11-17-14(18)8-7-13-6-4-5-9-21-13/h12-13H,4-11H2,1-3H3,(H,17,18)(H,19,20). The van der Waals surface area contributed by atoms with E-state index in [0.717, 1.165) is 25.9 Å². The number of hydrogen-bond acceptors (Lipinski definition) is 3. The van der Waals surface area contributed by atoms with Gasteiger partial charge in [-0.25, -0.2) is 0 Å². The molecule has 122 valence electrons. The van der Waals surface area contributed by atoms with E-state index in [1.165, 1.54) is 6.42 Å². The molecule has 1 aliphatic heterocycles. The van der Waals surface area contributed by atoms with E-state index in [-0.39, 0.29) is 24.0 Å². The fourth-order valence-corrected chi connectivity index (χ4v) is 2.64. The van der Waals surface area contributed by atoms with Crippen LogP contribution in [0.25, 0.3) is 0 Å². The molecule has 1 aliphatic rings. The number of hydrogen-bond donors (Lipinski definition) is 2. The van der Waals surface area contributed by atoms with Gasteiger partial charge in [-0.15, -0.1) is 0 Å². The van der Waals surface area contributed by atoms with Crippen LogP contribution in [0.15, 0.2) is 0 Å². The monoisotopic (exact) mass is 299 g/mol. The Morgan fingerprint density at radius 1 is 1.33 bits per heavy atom. The van der Waals surface area contributed by atoms with Crippen LogP contribution in [-0.4, -0.2) is 36.2 Å². The van der Waals surface area contributed by atoms with Gasteiger partial charge in [-0.3, -0.25) is 9.59 Å². The molecule has 1 rings (SSSR count). The first-order chi connectivity index (χ1) is 9.78. The van der Waals surface area contributed by atoms with Gasteiger partial charge in [0.05, 0.1) is 12.0 Å². The van der Waals surface area contributed by atoms with Crippen molar-refractivity contribution in [2.24, 2.45) is 11.3 Å². The third-order valence-corrected chi connectivity index (χ3v) is 3.72. The molecule has 2 atom stereocenters. The van der Waals surface area contributed by atoms with Crippen molar-refractivity contribution >= 4 is 11.9 Å². The van der Waals surface area contributed by atoms with Crippen LogP contribution in [0.5, 0.6) is 0 Å². The number of nitrogens with one attached hydrogen (secondary N) is 1. The summed E-state index contributed by atoms with van der Waals surface area (Å²) in [4.78, 5) is 23.0. The van der Waals surface area contributed by atoms with E-state index < -0.39 is 11.9 Å². The minimum absolute atomic E-state index is 0.0658. The van der Waals surface area contributed by atoms with Crippen molar-refractivity contribution in [3.63, 3.8) is 0 Å². The van der Waals surface area contributed by atoms with Crippen molar-refractivity contribution in [1.82, 2.24) is 5.32 Å². The molecule has 0 aromatic heterocycles. The van der Waals surface area contributed by atoms with Crippen LogP contribution in [0.2, 0.25) is 0 Å². The molecule has 2 N–H and O–H groups in total.